The van der Waals surface area contributed by atoms with Crippen molar-refractivity contribution in [3.05, 3.63) is 46.9 Å². The number of hydrogen-bond acceptors (Lipinski definition) is 5. The van der Waals surface area contributed by atoms with E-state index in [-0.39, 0.29) is 11.5 Å². The van der Waals surface area contributed by atoms with Gasteiger partial charge in [0.15, 0.2) is 0 Å². The molecule has 2 aromatic rings. The monoisotopic (exact) mass is 330 g/mol. The van der Waals surface area contributed by atoms with Gasteiger partial charge in [-0.3, -0.25) is 9.78 Å². The van der Waals surface area contributed by atoms with Crippen LogP contribution in [0.5, 0.6) is 5.75 Å². The Kier molecular flexibility index (Phi) is 3.79. The van der Waals surface area contributed by atoms with E-state index in [0.29, 0.717) is 25.6 Å². The maximum absolute atomic E-state index is 12.4. The number of likely N-dealkylation sites (tertiary alicyclic amines) is 1. The number of hydrogen-bond donors (Lipinski definition) is 0. The van der Waals surface area contributed by atoms with Crippen LogP contribution in [0.4, 0.5) is 0 Å². The molecule has 2 aliphatic rings. The van der Waals surface area contributed by atoms with Crippen LogP contribution < -0.4 is 4.74 Å². The molecule has 2 fully saturated rings. The fourth-order valence-electron chi connectivity index (χ4n) is 3.31. The minimum atomic E-state index is -0.228. The standard InChI is InChI=1S/C17H18N2O3S/c20-16(13-4-7-23-10-13)19-11-17(12-19)14(3-6-22-17)9-21-15-2-1-5-18-8-15/h1-2,4-5,7-8,10,14H,3,6,9,11-12H2/t14-/m0/s1. The zero-order valence-electron chi connectivity index (χ0n) is 12.7. The summed E-state index contributed by atoms with van der Waals surface area (Å²) in [6.45, 7) is 2.65. The minimum absolute atomic E-state index is 0.0966. The Morgan fingerprint density at radius 2 is 2.39 bits per heavy atom. The first-order valence-corrected chi connectivity index (χ1v) is 8.69. The van der Waals surface area contributed by atoms with E-state index < -0.39 is 0 Å². The molecule has 0 aliphatic carbocycles. The summed E-state index contributed by atoms with van der Waals surface area (Å²) in [6, 6.07) is 5.64. The predicted octanol–water partition coefficient (Wildman–Crippen LogP) is 2.45. The van der Waals surface area contributed by atoms with E-state index >= 15 is 0 Å². The third-order valence-corrected chi connectivity index (χ3v) is 5.34. The summed E-state index contributed by atoms with van der Waals surface area (Å²) in [7, 11) is 0. The Bertz CT molecular complexity index is 668. The number of ether oxygens (including phenoxy) is 2. The molecular weight excluding hydrogens is 312 g/mol. The minimum Gasteiger partial charge on any atom is -0.492 e. The lowest BCUT2D eigenvalue weighted by Crippen LogP contribution is -2.66. The van der Waals surface area contributed by atoms with Crippen molar-refractivity contribution < 1.29 is 14.3 Å². The van der Waals surface area contributed by atoms with Crippen molar-refractivity contribution in [2.45, 2.75) is 12.0 Å². The maximum atomic E-state index is 12.4. The predicted molar refractivity (Wildman–Crippen MR) is 86.7 cm³/mol. The Balaban J connectivity index is 1.36. The zero-order valence-corrected chi connectivity index (χ0v) is 13.5. The van der Waals surface area contributed by atoms with Crippen LogP contribution in [0.2, 0.25) is 0 Å². The quantitative estimate of drug-likeness (QED) is 0.864. The smallest absolute Gasteiger partial charge is 0.254 e. The highest BCUT2D eigenvalue weighted by molar-refractivity contribution is 7.08. The van der Waals surface area contributed by atoms with Gasteiger partial charge in [-0.25, -0.2) is 0 Å². The Hall–Kier alpha value is -1.92. The van der Waals surface area contributed by atoms with Crippen LogP contribution in [-0.4, -0.2) is 47.7 Å². The first-order valence-electron chi connectivity index (χ1n) is 7.75. The van der Waals surface area contributed by atoms with E-state index in [0.717, 1.165) is 24.3 Å². The first-order chi connectivity index (χ1) is 11.3. The average Bonchev–Trinajstić information content (AvgIpc) is 3.21. The number of nitrogens with zero attached hydrogens (tertiary/aromatic N) is 2. The number of thiophene rings is 1. The van der Waals surface area contributed by atoms with Gasteiger partial charge in [0, 0.05) is 24.1 Å². The van der Waals surface area contributed by atoms with Gasteiger partial charge in [0.1, 0.15) is 11.4 Å². The Morgan fingerprint density at radius 1 is 1.48 bits per heavy atom. The van der Waals surface area contributed by atoms with Crippen LogP contribution >= 0.6 is 11.3 Å². The highest BCUT2D eigenvalue weighted by atomic mass is 32.1. The normalized spacial score (nSPS) is 22.1. The lowest BCUT2D eigenvalue weighted by molar-refractivity contribution is -0.122. The highest BCUT2D eigenvalue weighted by Gasteiger charge is 2.54. The van der Waals surface area contributed by atoms with Gasteiger partial charge in [-0.05, 0) is 30.0 Å². The fourth-order valence-corrected chi connectivity index (χ4v) is 3.94. The van der Waals surface area contributed by atoms with E-state index in [1.54, 1.807) is 23.7 Å². The molecule has 6 heteroatoms. The number of carbonyl (C=O) groups is 1. The second-order valence-electron chi connectivity index (χ2n) is 6.07. The van der Waals surface area contributed by atoms with Crippen LogP contribution in [0.15, 0.2) is 41.4 Å². The fraction of sp³-hybridized carbons (Fsp3) is 0.412. The summed E-state index contributed by atoms with van der Waals surface area (Å²) in [6.07, 6.45) is 4.42. The van der Waals surface area contributed by atoms with E-state index in [2.05, 4.69) is 4.98 Å². The van der Waals surface area contributed by atoms with Crippen LogP contribution in [0.1, 0.15) is 16.8 Å². The number of pyridine rings is 1. The lowest BCUT2D eigenvalue weighted by atomic mass is 9.81. The van der Waals surface area contributed by atoms with E-state index in [1.165, 1.54) is 0 Å². The van der Waals surface area contributed by atoms with Gasteiger partial charge < -0.3 is 14.4 Å². The van der Waals surface area contributed by atoms with Gasteiger partial charge in [0.05, 0.1) is 31.5 Å². The summed E-state index contributed by atoms with van der Waals surface area (Å²) in [5.74, 6) is 1.19. The lowest BCUT2D eigenvalue weighted by Gasteiger charge is -2.50. The average molecular weight is 330 g/mol. The number of rotatable bonds is 4. The molecule has 0 bridgehead atoms. The molecule has 1 atom stereocenters. The van der Waals surface area contributed by atoms with Crippen molar-refractivity contribution in [2.75, 3.05) is 26.3 Å². The zero-order chi connectivity index (χ0) is 15.7. The van der Waals surface area contributed by atoms with Crippen molar-refractivity contribution in [1.82, 2.24) is 9.88 Å². The molecule has 0 N–H and O–H groups in total. The van der Waals surface area contributed by atoms with Gasteiger partial charge in [0.25, 0.3) is 5.91 Å². The summed E-state index contributed by atoms with van der Waals surface area (Å²) < 4.78 is 11.8. The summed E-state index contributed by atoms with van der Waals surface area (Å²) in [4.78, 5) is 18.3. The molecule has 1 amide bonds. The number of carbonyl (C=O) groups excluding carboxylic acids is 1. The van der Waals surface area contributed by atoms with E-state index in [4.69, 9.17) is 9.47 Å². The number of amides is 1. The Morgan fingerprint density at radius 3 is 3.13 bits per heavy atom. The third kappa shape index (κ3) is 2.72. The molecule has 2 saturated heterocycles. The Labute approximate surface area is 138 Å². The van der Waals surface area contributed by atoms with Crippen LogP contribution in [0.25, 0.3) is 0 Å². The molecule has 2 aliphatic heterocycles. The molecule has 4 heterocycles. The van der Waals surface area contributed by atoms with Crippen molar-refractivity contribution in [1.29, 1.82) is 0 Å². The second-order valence-corrected chi connectivity index (χ2v) is 6.85. The van der Waals surface area contributed by atoms with Crippen molar-refractivity contribution in [2.24, 2.45) is 5.92 Å². The SMILES string of the molecule is O=C(c1ccsc1)N1CC2(C1)OCC[C@H]2COc1cccnc1. The molecule has 1 spiro atoms. The molecule has 0 radical (unpaired) electrons. The van der Waals surface area contributed by atoms with Crippen LogP contribution in [-0.2, 0) is 4.74 Å². The van der Waals surface area contributed by atoms with Crippen molar-refractivity contribution in [3.8, 4) is 5.75 Å². The molecule has 2 aromatic heterocycles. The molecule has 120 valence electrons. The topological polar surface area (TPSA) is 51.7 Å². The van der Waals surface area contributed by atoms with Crippen LogP contribution in [0, 0.1) is 5.92 Å². The summed E-state index contributed by atoms with van der Waals surface area (Å²) in [5, 5.41) is 3.82. The largest absolute Gasteiger partial charge is 0.492 e. The van der Waals surface area contributed by atoms with Crippen molar-refractivity contribution in [3.63, 3.8) is 0 Å². The van der Waals surface area contributed by atoms with Gasteiger partial charge in [0.2, 0.25) is 0 Å². The summed E-state index contributed by atoms with van der Waals surface area (Å²) >= 11 is 1.55. The van der Waals surface area contributed by atoms with Crippen molar-refractivity contribution >= 4 is 17.2 Å². The van der Waals surface area contributed by atoms with Gasteiger partial charge in [-0.2, -0.15) is 11.3 Å². The molecular formula is C17H18N2O3S. The highest BCUT2D eigenvalue weighted by Crippen LogP contribution is 2.40. The van der Waals surface area contributed by atoms with Gasteiger partial charge in [-0.1, -0.05) is 0 Å². The molecule has 0 aromatic carbocycles. The van der Waals surface area contributed by atoms with E-state index in [1.807, 2.05) is 33.9 Å². The van der Waals surface area contributed by atoms with Gasteiger partial charge in [-0.15, -0.1) is 0 Å². The molecule has 0 saturated carbocycles. The first kappa shape index (κ1) is 14.7. The summed E-state index contributed by atoms with van der Waals surface area (Å²) in [5.41, 5.74) is 0.541. The van der Waals surface area contributed by atoms with Gasteiger partial charge >= 0.3 is 0 Å². The molecule has 5 nitrogen and oxygen atoms in total. The van der Waals surface area contributed by atoms with E-state index in [9.17, 15) is 4.79 Å². The molecule has 4 rings (SSSR count). The molecule has 23 heavy (non-hydrogen) atoms. The maximum Gasteiger partial charge on any atom is 0.254 e. The third-order valence-electron chi connectivity index (χ3n) is 4.66. The van der Waals surface area contributed by atoms with Crippen LogP contribution in [0.3, 0.4) is 0 Å². The number of aromatic nitrogens is 1. The molecule has 0 unspecified atom stereocenters. The second kappa shape index (κ2) is 5.94.